The third kappa shape index (κ3) is 11.3. The molecule has 0 fully saturated rings. The molecule has 0 saturated carbocycles. The van der Waals surface area contributed by atoms with Crippen LogP contribution in [0.4, 0.5) is 0 Å². The Labute approximate surface area is 147 Å². The van der Waals surface area contributed by atoms with Gasteiger partial charge in [-0.3, -0.25) is 4.79 Å². The van der Waals surface area contributed by atoms with Gasteiger partial charge in [0.05, 0.1) is 30.8 Å². The normalized spacial score (nSPS) is 11.8. The Kier molecular flexibility index (Phi) is 13.3. The van der Waals surface area contributed by atoms with E-state index in [1.807, 2.05) is 0 Å². The maximum atomic E-state index is 11.7. The molecule has 0 spiro atoms. The number of hydrogen-bond donors (Lipinski definition) is 2. The van der Waals surface area contributed by atoms with Crippen LogP contribution in [0.5, 0.6) is 0 Å². The minimum absolute atomic E-state index is 0.0000139. The maximum absolute atomic E-state index is 11.7. The van der Waals surface area contributed by atoms with Crippen LogP contribution >= 0.6 is 0 Å². The number of unbranched alkanes of at least 4 members (excludes halogenated alkanes) is 3. The molecule has 0 bridgehead atoms. The second-order valence-corrected chi connectivity index (χ2v) is 5.38. The highest BCUT2D eigenvalue weighted by Crippen LogP contribution is 2.15. The second kappa shape index (κ2) is 14.4. The van der Waals surface area contributed by atoms with Crippen LogP contribution in [0.15, 0.2) is 11.1 Å². The number of carbonyl (C=O) groups excluding carboxylic acids is 1. The molecule has 0 aromatic carbocycles. The van der Waals surface area contributed by atoms with Gasteiger partial charge in [-0.1, -0.05) is 26.2 Å². The first-order valence-corrected chi connectivity index (χ1v) is 8.34. The van der Waals surface area contributed by atoms with Crippen LogP contribution in [-0.2, 0) is 28.6 Å². The van der Waals surface area contributed by atoms with E-state index >= 15 is 0 Å². The van der Waals surface area contributed by atoms with Gasteiger partial charge in [-0.15, -0.1) is 0 Å². The average molecular weight is 360 g/mol. The zero-order valence-corrected chi connectivity index (χ0v) is 14.9. The summed E-state index contributed by atoms with van der Waals surface area (Å²) in [6.45, 7) is 2.96. The molecule has 25 heavy (non-hydrogen) atoms. The number of aliphatic carboxylic acids is 2. The van der Waals surface area contributed by atoms with Gasteiger partial charge in [0, 0.05) is 20.1 Å². The Morgan fingerprint density at radius 3 is 2.08 bits per heavy atom. The first-order valence-electron chi connectivity index (χ1n) is 8.34. The van der Waals surface area contributed by atoms with Gasteiger partial charge in [0.1, 0.15) is 6.61 Å². The van der Waals surface area contributed by atoms with Gasteiger partial charge < -0.3 is 24.4 Å². The molecule has 0 unspecified atom stereocenters. The third-order valence-electron chi connectivity index (χ3n) is 3.39. The molecule has 8 nitrogen and oxygen atoms in total. The maximum Gasteiger partial charge on any atom is 0.332 e. The molecule has 0 amide bonds. The Balaban J connectivity index is 4.36. The van der Waals surface area contributed by atoms with Crippen molar-refractivity contribution in [3.8, 4) is 0 Å². The molecule has 0 radical (unpaired) electrons. The molecule has 0 aliphatic carbocycles. The fourth-order valence-electron chi connectivity index (χ4n) is 2.05. The van der Waals surface area contributed by atoms with Crippen molar-refractivity contribution in [3.63, 3.8) is 0 Å². The van der Waals surface area contributed by atoms with Gasteiger partial charge in [0.25, 0.3) is 0 Å². The summed E-state index contributed by atoms with van der Waals surface area (Å²) in [6.07, 6.45) is 3.59. The monoisotopic (exact) mass is 360 g/mol. The van der Waals surface area contributed by atoms with E-state index in [4.69, 9.17) is 24.4 Å². The summed E-state index contributed by atoms with van der Waals surface area (Å²) < 4.78 is 15.0. The molecule has 0 atom stereocenters. The minimum Gasteiger partial charge on any atom is -0.478 e. The van der Waals surface area contributed by atoms with Gasteiger partial charge in [0.2, 0.25) is 0 Å². The van der Waals surface area contributed by atoms with E-state index in [-0.39, 0.29) is 31.8 Å². The van der Waals surface area contributed by atoms with Crippen LogP contribution in [-0.4, -0.2) is 61.7 Å². The van der Waals surface area contributed by atoms with E-state index in [2.05, 4.69) is 6.92 Å². The number of carbonyl (C=O) groups is 3. The molecule has 2 N–H and O–H groups in total. The van der Waals surface area contributed by atoms with Crippen LogP contribution in [0, 0.1) is 0 Å². The highest BCUT2D eigenvalue weighted by Gasteiger charge is 2.23. The molecule has 144 valence electrons. The molecular weight excluding hydrogens is 332 g/mol. The van der Waals surface area contributed by atoms with Crippen molar-refractivity contribution in [2.24, 2.45) is 0 Å². The fourth-order valence-corrected chi connectivity index (χ4v) is 2.05. The molecule has 0 aromatic rings. The first-order chi connectivity index (χ1) is 11.9. The van der Waals surface area contributed by atoms with Crippen LogP contribution in [0.25, 0.3) is 0 Å². The number of ether oxygens (including phenoxy) is 3. The van der Waals surface area contributed by atoms with Crippen LogP contribution in [0.1, 0.15) is 45.4 Å². The van der Waals surface area contributed by atoms with Gasteiger partial charge in [0.15, 0.2) is 0 Å². The summed E-state index contributed by atoms with van der Waals surface area (Å²) >= 11 is 0. The van der Waals surface area contributed by atoms with Crippen molar-refractivity contribution in [1.29, 1.82) is 0 Å². The molecule has 0 aromatic heterocycles. The molecule has 0 saturated heterocycles. The lowest BCUT2D eigenvalue weighted by molar-refractivity contribution is -0.146. The lowest BCUT2D eigenvalue weighted by Gasteiger charge is -2.09. The molecule has 0 aliphatic heterocycles. The van der Waals surface area contributed by atoms with E-state index < -0.39 is 29.9 Å². The zero-order chi connectivity index (χ0) is 19.1. The van der Waals surface area contributed by atoms with Crippen molar-refractivity contribution in [1.82, 2.24) is 0 Å². The van der Waals surface area contributed by atoms with Crippen molar-refractivity contribution < 1.29 is 38.8 Å². The van der Waals surface area contributed by atoms with Gasteiger partial charge in [-0.25, -0.2) is 9.59 Å². The quantitative estimate of drug-likeness (QED) is 0.259. The summed E-state index contributed by atoms with van der Waals surface area (Å²) in [5.74, 6) is -3.65. The topological polar surface area (TPSA) is 119 Å². The third-order valence-corrected chi connectivity index (χ3v) is 3.39. The number of rotatable bonds is 15. The SMILES string of the molecule is CCCCCCOCCOC(=O)CC(C(=O)O)=C(CCOC)C(=O)O. The Bertz CT molecular complexity index is 456. The number of esters is 1. The summed E-state index contributed by atoms with van der Waals surface area (Å²) in [6, 6.07) is 0. The predicted octanol–water partition coefficient (Wildman–Crippen LogP) is 2.02. The van der Waals surface area contributed by atoms with Gasteiger partial charge >= 0.3 is 17.9 Å². The summed E-state index contributed by atoms with van der Waals surface area (Å²) in [5.41, 5.74) is -0.853. The highest BCUT2D eigenvalue weighted by molar-refractivity contribution is 6.01. The first kappa shape index (κ1) is 23.1. The van der Waals surface area contributed by atoms with Crippen molar-refractivity contribution in [2.75, 3.05) is 33.5 Å². The van der Waals surface area contributed by atoms with Gasteiger partial charge in [-0.2, -0.15) is 0 Å². The fraction of sp³-hybridized carbons (Fsp3) is 0.706. The van der Waals surface area contributed by atoms with Crippen molar-refractivity contribution >= 4 is 17.9 Å². The summed E-state index contributed by atoms with van der Waals surface area (Å²) in [4.78, 5) is 34.2. The highest BCUT2D eigenvalue weighted by atomic mass is 16.6. The Hall–Kier alpha value is -1.93. The van der Waals surface area contributed by atoms with E-state index in [0.717, 1.165) is 25.7 Å². The summed E-state index contributed by atoms with van der Waals surface area (Å²) in [5, 5.41) is 18.3. The number of carboxylic acids is 2. The molecule has 8 heteroatoms. The minimum atomic E-state index is -1.46. The predicted molar refractivity (Wildman–Crippen MR) is 89.3 cm³/mol. The zero-order valence-electron chi connectivity index (χ0n) is 14.9. The smallest absolute Gasteiger partial charge is 0.332 e. The van der Waals surface area contributed by atoms with E-state index in [1.165, 1.54) is 7.11 Å². The molecule has 0 heterocycles. The van der Waals surface area contributed by atoms with E-state index in [0.29, 0.717) is 6.61 Å². The van der Waals surface area contributed by atoms with E-state index in [1.54, 1.807) is 0 Å². The van der Waals surface area contributed by atoms with E-state index in [9.17, 15) is 14.4 Å². The van der Waals surface area contributed by atoms with Crippen molar-refractivity contribution in [2.45, 2.75) is 45.4 Å². The standard InChI is InChI=1S/C17H28O8/c1-3-4-5-6-8-24-10-11-25-15(18)12-14(17(21)22)13(16(19)20)7-9-23-2/h3-12H2,1-2H3,(H,19,20)(H,21,22). The number of carboxylic acid groups (broad SMARTS) is 2. The average Bonchev–Trinajstić information content (AvgIpc) is 2.56. The number of hydrogen-bond acceptors (Lipinski definition) is 6. The van der Waals surface area contributed by atoms with Crippen LogP contribution in [0.2, 0.25) is 0 Å². The largest absolute Gasteiger partial charge is 0.478 e. The van der Waals surface area contributed by atoms with Crippen molar-refractivity contribution in [3.05, 3.63) is 11.1 Å². The Morgan fingerprint density at radius 1 is 0.840 bits per heavy atom. The lowest BCUT2D eigenvalue weighted by Crippen LogP contribution is -2.18. The summed E-state index contributed by atoms with van der Waals surface area (Å²) in [7, 11) is 1.37. The van der Waals surface area contributed by atoms with Gasteiger partial charge in [-0.05, 0) is 6.42 Å². The van der Waals surface area contributed by atoms with Crippen LogP contribution in [0.3, 0.4) is 0 Å². The lowest BCUT2D eigenvalue weighted by atomic mass is 10.0. The Morgan fingerprint density at radius 2 is 1.52 bits per heavy atom. The second-order valence-electron chi connectivity index (χ2n) is 5.38. The molecule has 0 aliphatic rings. The number of methoxy groups -OCH3 is 1. The molecular formula is C17H28O8. The van der Waals surface area contributed by atoms with Crippen LogP contribution < -0.4 is 0 Å². The molecule has 0 rings (SSSR count).